The lowest BCUT2D eigenvalue weighted by Gasteiger charge is -2.25. The molecule has 0 bridgehead atoms. The third-order valence-corrected chi connectivity index (χ3v) is 2.67. The number of hydrogen-bond acceptors (Lipinski definition) is 8. The molecule has 0 spiro atoms. The van der Waals surface area contributed by atoms with Gasteiger partial charge in [-0.3, -0.25) is 9.59 Å². The highest BCUT2D eigenvalue weighted by atomic mass is 16.6. The fraction of sp³-hybridized carbons (Fsp3) is 0.600. The van der Waals surface area contributed by atoms with Crippen molar-refractivity contribution < 1.29 is 19.1 Å². The Balaban J connectivity index is 2.40. The van der Waals surface area contributed by atoms with Crippen molar-refractivity contribution in [2.24, 2.45) is 0 Å². The van der Waals surface area contributed by atoms with Crippen LogP contribution in [-0.2, 0) is 19.1 Å². The molecule has 0 saturated heterocycles. The highest BCUT2D eigenvalue weighted by Gasteiger charge is 2.37. The van der Waals surface area contributed by atoms with Gasteiger partial charge in [-0.05, 0) is 64.1 Å². The molecule has 9 nitrogen and oxygen atoms in total. The van der Waals surface area contributed by atoms with Gasteiger partial charge < -0.3 is 9.47 Å². The van der Waals surface area contributed by atoms with Crippen molar-refractivity contribution in [3.63, 3.8) is 0 Å². The maximum atomic E-state index is 12.5. The zero-order valence-electron chi connectivity index (χ0n) is 14.6. The molecular weight excluding hydrogens is 314 g/mol. The Morgan fingerprint density at radius 1 is 1.00 bits per heavy atom. The normalized spacial score (nSPS) is 12.5. The largest absolute Gasteiger partial charge is 0.459 e. The van der Waals surface area contributed by atoms with E-state index < -0.39 is 29.1 Å². The van der Waals surface area contributed by atoms with Crippen molar-refractivity contribution >= 4 is 17.6 Å². The number of carbonyl (C=O) groups excluding carboxylic acids is 2. The van der Waals surface area contributed by atoms with Crippen LogP contribution in [0.5, 0.6) is 0 Å². The topological polar surface area (TPSA) is 109 Å². The van der Waals surface area contributed by atoms with Gasteiger partial charge in [0.25, 0.3) is 0 Å². The third kappa shape index (κ3) is 4.46. The average molecular weight is 335 g/mol. The summed E-state index contributed by atoms with van der Waals surface area (Å²) in [6.07, 6.45) is 0. The van der Waals surface area contributed by atoms with Crippen LogP contribution in [0.25, 0.3) is 5.65 Å². The van der Waals surface area contributed by atoms with E-state index in [0.29, 0.717) is 5.65 Å². The van der Waals surface area contributed by atoms with Gasteiger partial charge in [0.05, 0.1) is 5.69 Å². The Kier molecular flexibility index (Phi) is 4.54. The van der Waals surface area contributed by atoms with E-state index in [1.54, 1.807) is 47.6 Å². The van der Waals surface area contributed by atoms with Crippen LogP contribution in [0.2, 0.25) is 0 Å². The smallest absolute Gasteiger partial charge is 0.327 e. The molecule has 0 aliphatic carbocycles. The number of nitrogens with zero attached hydrogens (tertiary/aromatic N) is 5. The van der Waals surface area contributed by atoms with Crippen LogP contribution in [-0.4, -0.2) is 48.4 Å². The summed E-state index contributed by atoms with van der Waals surface area (Å²) >= 11 is 0. The Morgan fingerprint density at radius 2 is 1.54 bits per heavy atom. The molecule has 2 aromatic heterocycles. The van der Waals surface area contributed by atoms with Crippen molar-refractivity contribution in [3.05, 3.63) is 17.8 Å². The fourth-order valence-electron chi connectivity index (χ4n) is 1.88. The molecule has 0 unspecified atom stereocenters. The minimum Gasteiger partial charge on any atom is -0.459 e. The summed E-state index contributed by atoms with van der Waals surface area (Å²) in [6.45, 7) is 10.3. The number of aromatic nitrogens is 5. The fourth-order valence-corrected chi connectivity index (χ4v) is 1.88. The van der Waals surface area contributed by atoms with Crippen LogP contribution < -0.4 is 0 Å². The lowest BCUT2D eigenvalue weighted by atomic mass is 10.0. The van der Waals surface area contributed by atoms with Crippen LogP contribution in [0.15, 0.2) is 12.1 Å². The summed E-state index contributed by atoms with van der Waals surface area (Å²) in [4.78, 5) is 25.1. The predicted molar refractivity (Wildman–Crippen MR) is 83.0 cm³/mol. The summed E-state index contributed by atoms with van der Waals surface area (Å²) in [5.74, 6) is -2.80. The van der Waals surface area contributed by atoms with Gasteiger partial charge in [0.15, 0.2) is 11.6 Å². The van der Waals surface area contributed by atoms with Crippen LogP contribution >= 0.6 is 0 Å². The predicted octanol–water partition coefficient (Wildman–Crippen LogP) is 1.29. The number of hydrogen-bond donors (Lipinski definition) is 0. The number of carbonyl (C=O) groups is 2. The zero-order valence-corrected chi connectivity index (χ0v) is 14.6. The molecule has 24 heavy (non-hydrogen) atoms. The third-order valence-electron chi connectivity index (χ3n) is 2.67. The molecule has 0 aliphatic heterocycles. The lowest BCUT2D eigenvalue weighted by Crippen LogP contribution is -2.36. The molecule has 0 fully saturated rings. The number of esters is 2. The van der Waals surface area contributed by atoms with E-state index in [-0.39, 0.29) is 5.69 Å². The first-order valence-electron chi connectivity index (χ1n) is 7.47. The van der Waals surface area contributed by atoms with E-state index in [1.807, 2.05) is 0 Å². The Morgan fingerprint density at radius 3 is 2.04 bits per heavy atom. The van der Waals surface area contributed by atoms with Gasteiger partial charge in [0.1, 0.15) is 11.2 Å². The average Bonchev–Trinajstić information content (AvgIpc) is 2.81. The maximum absolute atomic E-state index is 12.5. The second-order valence-electron chi connectivity index (χ2n) is 7.28. The summed E-state index contributed by atoms with van der Waals surface area (Å²) in [6, 6.07) is 3.06. The van der Waals surface area contributed by atoms with Gasteiger partial charge in [-0.15, -0.1) is 9.73 Å². The highest BCUT2D eigenvalue weighted by Crippen LogP contribution is 2.23. The SMILES string of the molecule is CC(C)(C)OC(=O)C(C(=O)OC(C)(C)C)c1ccc2nnnn2n1. The first-order valence-corrected chi connectivity index (χ1v) is 7.47. The van der Waals surface area contributed by atoms with E-state index in [1.165, 1.54) is 6.07 Å². The lowest BCUT2D eigenvalue weighted by molar-refractivity contribution is -0.169. The molecule has 0 radical (unpaired) electrons. The van der Waals surface area contributed by atoms with Crippen molar-refractivity contribution in [2.75, 3.05) is 0 Å². The zero-order chi connectivity index (χ0) is 18.1. The van der Waals surface area contributed by atoms with Gasteiger partial charge in [0.2, 0.25) is 0 Å². The van der Waals surface area contributed by atoms with Crippen LogP contribution in [0.4, 0.5) is 0 Å². The summed E-state index contributed by atoms with van der Waals surface area (Å²) in [5.41, 5.74) is -0.962. The van der Waals surface area contributed by atoms with Gasteiger partial charge in [0, 0.05) is 0 Å². The van der Waals surface area contributed by atoms with Crippen LogP contribution in [0, 0.1) is 0 Å². The van der Waals surface area contributed by atoms with Crippen molar-refractivity contribution in [2.45, 2.75) is 58.7 Å². The standard InChI is InChI=1S/C15H21N5O4/c1-14(2,3)23-12(21)11(13(22)24-15(4,5)6)9-7-8-10-16-18-19-20(10)17-9/h7-8,11H,1-6H3. The molecule has 9 heteroatoms. The number of ether oxygens (including phenoxy) is 2. The molecule has 2 heterocycles. The van der Waals surface area contributed by atoms with E-state index in [9.17, 15) is 9.59 Å². The molecule has 0 aromatic carbocycles. The first kappa shape index (κ1) is 17.8. The van der Waals surface area contributed by atoms with Crippen molar-refractivity contribution in [3.8, 4) is 0 Å². The second-order valence-corrected chi connectivity index (χ2v) is 7.28. The maximum Gasteiger partial charge on any atom is 0.327 e. The quantitative estimate of drug-likeness (QED) is 0.610. The van der Waals surface area contributed by atoms with E-state index >= 15 is 0 Å². The highest BCUT2D eigenvalue weighted by molar-refractivity contribution is 6.00. The van der Waals surface area contributed by atoms with E-state index in [2.05, 4.69) is 20.6 Å². The summed E-state index contributed by atoms with van der Waals surface area (Å²) in [7, 11) is 0. The van der Waals surface area contributed by atoms with E-state index in [4.69, 9.17) is 9.47 Å². The molecule has 0 N–H and O–H groups in total. The van der Waals surface area contributed by atoms with Crippen molar-refractivity contribution in [1.29, 1.82) is 0 Å². The number of fused-ring (bicyclic) bond motifs is 1. The monoisotopic (exact) mass is 335 g/mol. The molecule has 2 rings (SSSR count). The molecule has 0 atom stereocenters. The van der Waals surface area contributed by atoms with Gasteiger partial charge in [-0.2, -0.15) is 5.10 Å². The number of tetrazole rings is 1. The van der Waals surface area contributed by atoms with Gasteiger partial charge in [-0.25, -0.2) is 0 Å². The van der Waals surface area contributed by atoms with Crippen LogP contribution in [0.1, 0.15) is 53.2 Å². The molecule has 130 valence electrons. The Bertz CT molecular complexity index is 729. The first-order chi connectivity index (χ1) is 11.0. The molecule has 0 amide bonds. The molecular formula is C15H21N5O4. The summed E-state index contributed by atoms with van der Waals surface area (Å²) < 4.78 is 11.8. The Hall–Kier alpha value is -2.58. The van der Waals surface area contributed by atoms with Crippen LogP contribution in [0.3, 0.4) is 0 Å². The molecule has 0 saturated carbocycles. The molecule has 0 aliphatic rings. The number of rotatable bonds is 3. The molecule has 2 aromatic rings. The Labute approximate surface area is 139 Å². The summed E-state index contributed by atoms with van der Waals surface area (Å²) in [5, 5.41) is 15.0. The van der Waals surface area contributed by atoms with Crippen molar-refractivity contribution in [1.82, 2.24) is 25.3 Å². The van der Waals surface area contributed by atoms with Gasteiger partial charge >= 0.3 is 11.9 Å². The minimum atomic E-state index is -1.32. The van der Waals surface area contributed by atoms with Gasteiger partial charge in [-0.1, -0.05) is 0 Å². The van der Waals surface area contributed by atoms with E-state index in [0.717, 1.165) is 4.63 Å². The second kappa shape index (κ2) is 6.14. The minimum absolute atomic E-state index is 0.151.